The molecule has 0 saturated heterocycles. The molecule has 0 aliphatic heterocycles. The van der Waals surface area contributed by atoms with Crippen LogP contribution in [-0.2, 0) is 22.4 Å². The van der Waals surface area contributed by atoms with Crippen molar-refractivity contribution in [2.45, 2.75) is 39.0 Å². The van der Waals surface area contributed by atoms with Gasteiger partial charge in [-0.15, -0.1) is 0 Å². The van der Waals surface area contributed by atoms with Gasteiger partial charge in [-0.25, -0.2) is 0 Å². The van der Waals surface area contributed by atoms with Gasteiger partial charge >= 0.3 is 5.97 Å². The number of aryl methyl sites for hydroxylation is 1. The van der Waals surface area contributed by atoms with E-state index < -0.39 is 0 Å². The molecule has 0 spiro atoms. The summed E-state index contributed by atoms with van der Waals surface area (Å²) >= 11 is 0. The second-order valence-corrected chi connectivity index (χ2v) is 5.29. The van der Waals surface area contributed by atoms with E-state index in [-0.39, 0.29) is 18.0 Å². The lowest BCUT2D eigenvalue weighted by molar-refractivity contribution is -0.149. The van der Waals surface area contributed by atoms with Crippen LogP contribution in [0.2, 0.25) is 0 Å². The van der Waals surface area contributed by atoms with E-state index >= 15 is 0 Å². The summed E-state index contributed by atoms with van der Waals surface area (Å²) in [4.78, 5) is 11.8. The van der Waals surface area contributed by atoms with Crippen molar-refractivity contribution in [3.63, 3.8) is 0 Å². The molecule has 1 aliphatic carbocycles. The molecule has 19 heavy (non-hydrogen) atoms. The molecule has 1 N–H and O–H groups in total. The molecule has 0 bridgehead atoms. The second-order valence-electron chi connectivity index (χ2n) is 5.29. The van der Waals surface area contributed by atoms with Crippen LogP contribution in [0.4, 0.5) is 0 Å². The van der Waals surface area contributed by atoms with Crippen LogP contribution in [0.1, 0.15) is 37.3 Å². The molecular formula is C16H22O3. The first-order valence-corrected chi connectivity index (χ1v) is 7.06. The van der Waals surface area contributed by atoms with Gasteiger partial charge in [0.05, 0.1) is 12.0 Å². The van der Waals surface area contributed by atoms with E-state index in [0.717, 1.165) is 31.2 Å². The van der Waals surface area contributed by atoms with Crippen molar-refractivity contribution in [1.29, 1.82) is 0 Å². The third kappa shape index (κ3) is 3.57. The number of rotatable bonds is 7. The summed E-state index contributed by atoms with van der Waals surface area (Å²) in [6, 6.07) is 8.28. The van der Waals surface area contributed by atoms with Crippen molar-refractivity contribution in [1.82, 2.24) is 0 Å². The number of hydrogen-bond donors (Lipinski definition) is 1. The number of aliphatic hydroxyl groups is 1. The quantitative estimate of drug-likeness (QED) is 0.768. The van der Waals surface area contributed by atoms with Gasteiger partial charge in [0.2, 0.25) is 0 Å². The Bertz CT molecular complexity index is 418. The lowest BCUT2D eigenvalue weighted by Crippen LogP contribution is -2.19. The predicted molar refractivity (Wildman–Crippen MR) is 73.9 cm³/mol. The van der Waals surface area contributed by atoms with Crippen LogP contribution >= 0.6 is 0 Å². The van der Waals surface area contributed by atoms with Crippen molar-refractivity contribution in [3.8, 4) is 0 Å². The summed E-state index contributed by atoms with van der Waals surface area (Å²) in [5.74, 6) is -0.0214. The molecular weight excluding hydrogens is 240 g/mol. The van der Waals surface area contributed by atoms with Crippen LogP contribution in [0.3, 0.4) is 0 Å². The van der Waals surface area contributed by atoms with E-state index in [2.05, 4.69) is 24.3 Å². The van der Waals surface area contributed by atoms with E-state index in [1.165, 1.54) is 5.56 Å². The van der Waals surface area contributed by atoms with Gasteiger partial charge in [-0.1, -0.05) is 24.3 Å². The fourth-order valence-corrected chi connectivity index (χ4v) is 2.38. The summed E-state index contributed by atoms with van der Waals surface area (Å²) in [5.41, 5.74) is 2.20. The third-order valence-electron chi connectivity index (χ3n) is 3.88. The largest absolute Gasteiger partial charge is 0.466 e. The number of hydrogen-bond acceptors (Lipinski definition) is 3. The van der Waals surface area contributed by atoms with E-state index in [9.17, 15) is 4.79 Å². The summed E-state index contributed by atoms with van der Waals surface area (Å²) < 4.78 is 5.14. The zero-order valence-corrected chi connectivity index (χ0v) is 11.5. The Labute approximate surface area is 114 Å². The highest BCUT2D eigenvalue weighted by molar-refractivity contribution is 5.79. The zero-order valence-electron chi connectivity index (χ0n) is 11.5. The minimum atomic E-state index is -0.195. The molecule has 3 nitrogen and oxygen atoms in total. The molecule has 1 saturated carbocycles. The van der Waals surface area contributed by atoms with Crippen LogP contribution in [-0.4, -0.2) is 24.3 Å². The van der Waals surface area contributed by atoms with Crippen molar-refractivity contribution in [2.24, 2.45) is 5.41 Å². The predicted octanol–water partition coefficient (Wildman–Crippen LogP) is 2.50. The topological polar surface area (TPSA) is 46.5 Å². The Kier molecular flexibility index (Phi) is 4.59. The number of esters is 1. The Balaban J connectivity index is 1.86. The van der Waals surface area contributed by atoms with Gasteiger partial charge in [0.1, 0.15) is 0 Å². The minimum Gasteiger partial charge on any atom is -0.466 e. The molecule has 1 fully saturated rings. The van der Waals surface area contributed by atoms with Crippen LogP contribution in [0.5, 0.6) is 0 Å². The maximum Gasteiger partial charge on any atom is 0.312 e. The van der Waals surface area contributed by atoms with E-state index in [0.29, 0.717) is 13.0 Å². The fraction of sp³-hybridized carbons (Fsp3) is 0.562. The van der Waals surface area contributed by atoms with Gasteiger partial charge in [0, 0.05) is 6.61 Å². The number of ether oxygens (including phenoxy) is 1. The van der Waals surface area contributed by atoms with Gasteiger partial charge in [-0.2, -0.15) is 0 Å². The molecule has 0 aromatic heterocycles. The summed E-state index contributed by atoms with van der Waals surface area (Å²) in [5, 5.41) is 8.87. The summed E-state index contributed by atoms with van der Waals surface area (Å²) in [6.07, 6.45) is 4.43. The highest BCUT2D eigenvalue weighted by atomic mass is 16.5. The monoisotopic (exact) mass is 262 g/mol. The van der Waals surface area contributed by atoms with Gasteiger partial charge < -0.3 is 9.84 Å². The van der Waals surface area contributed by atoms with Crippen LogP contribution in [0.25, 0.3) is 0 Å². The molecule has 2 rings (SSSR count). The molecule has 1 aromatic carbocycles. The van der Waals surface area contributed by atoms with Crippen molar-refractivity contribution < 1.29 is 14.6 Å². The average molecular weight is 262 g/mol. The standard InChI is InChI=1S/C16H22O3/c1-2-19-15(18)16(10-11-16)9-7-13-3-5-14(6-4-13)8-12-17/h3-6,17H,2,7-12H2,1H3. The van der Waals surface area contributed by atoms with Crippen LogP contribution in [0.15, 0.2) is 24.3 Å². The molecule has 1 aliphatic rings. The third-order valence-corrected chi connectivity index (χ3v) is 3.88. The molecule has 0 atom stereocenters. The lowest BCUT2D eigenvalue weighted by atomic mass is 9.96. The number of benzene rings is 1. The van der Waals surface area contributed by atoms with Gasteiger partial charge in [0.15, 0.2) is 0 Å². The first-order valence-electron chi connectivity index (χ1n) is 7.06. The summed E-state index contributed by atoms with van der Waals surface area (Å²) in [7, 11) is 0. The van der Waals surface area contributed by atoms with Crippen LogP contribution < -0.4 is 0 Å². The zero-order chi connectivity index (χ0) is 13.7. The second kappa shape index (κ2) is 6.20. The Morgan fingerprint density at radius 3 is 2.26 bits per heavy atom. The number of carbonyl (C=O) groups is 1. The molecule has 0 unspecified atom stereocenters. The Hall–Kier alpha value is -1.35. The molecule has 0 amide bonds. The van der Waals surface area contributed by atoms with Crippen molar-refractivity contribution >= 4 is 5.97 Å². The SMILES string of the molecule is CCOC(=O)C1(CCc2ccc(CCO)cc2)CC1. The molecule has 3 heteroatoms. The molecule has 1 aromatic rings. The average Bonchev–Trinajstić information content (AvgIpc) is 3.20. The normalized spacial score (nSPS) is 16.1. The molecule has 0 radical (unpaired) electrons. The van der Waals surface area contributed by atoms with Crippen molar-refractivity contribution in [2.75, 3.05) is 13.2 Å². The lowest BCUT2D eigenvalue weighted by Gasteiger charge is -2.13. The molecule has 0 heterocycles. The van der Waals surface area contributed by atoms with Gasteiger partial charge in [-0.3, -0.25) is 4.79 Å². The van der Waals surface area contributed by atoms with E-state index in [4.69, 9.17) is 9.84 Å². The van der Waals surface area contributed by atoms with E-state index in [1.54, 1.807) is 0 Å². The first-order chi connectivity index (χ1) is 9.20. The fourth-order valence-electron chi connectivity index (χ4n) is 2.38. The Morgan fingerprint density at radius 2 is 1.79 bits per heavy atom. The highest BCUT2D eigenvalue weighted by Gasteiger charge is 2.50. The highest BCUT2D eigenvalue weighted by Crippen LogP contribution is 2.50. The van der Waals surface area contributed by atoms with Crippen molar-refractivity contribution in [3.05, 3.63) is 35.4 Å². The smallest absolute Gasteiger partial charge is 0.312 e. The summed E-state index contributed by atoms with van der Waals surface area (Å²) in [6.45, 7) is 2.51. The van der Waals surface area contributed by atoms with Crippen LogP contribution in [0, 0.1) is 5.41 Å². The molecule has 104 valence electrons. The van der Waals surface area contributed by atoms with Gasteiger partial charge in [-0.05, 0) is 50.2 Å². The van der Waals surface area contributed by atoms with Gasteiger partial charge in [0.25, 0.3) is 0 Å². The Morgan fingerprint density at radius 1 is 1.21 bits per heavy atom. The number of carbonyl (C=O) groups excluding carboxylic acids is 1. The minimum absolute atomic E-state index is 0.0214. The number of aliphatic hydroxyl groups excluding tert-OH is 1. The first kappa shape index (κ1) is 14.1. The maximum absolute atomic E-state index is 11.8. The maximum atomic E-state index is 11.8. The van der Waals surface area contributed by atoms with E-state index in [1.807, 2.05) is 6.92 Å².